The Morgan fingerprint density at radius 3 is 2.65 bits per heavy atom. The van der Waals surface area contributed by atoms with Gasteiger partial charge in [-0.05, 0) is 82.2 Å². The van der Waals surface area contributed by atoms with Crippen LogP contribution in [0.4, 0.5) is 5.00 Å². The number of aryl methyl sites for hydroxylation is 3. The van der Waals surface area contributed by atoms with Crippen LogP contribution in [0.1, 0.15) is 77.0 Å². The number of esters is 1. The number of amides is 1. The molecule has 1 N–H and O–H groups in total. The van der Waals surface area contributed by atoms with Crippen LogP contribution in [-0.4, -0.2) is 39.0 Å². The molecule has 1 aliphatic rings. The van der Waals surface area contributed by atoms with Crippen molar-refractivity contribution < 1.29 is 19.1 Å². The summed E-state index contributed by atoms with van der Waals surface area (Å²) in [6.45, 7) is 12.2. The Bertz CT molecular complexity index is 1380. The minimum Gasteiger partial charge on any atom is -0.483 e. The molecule has 2 heterocycles. The van der Waals surface area contributed by atoms with Crippen molar-refractivity contribution in [2.45, 2.75) is 77.6 Å². The highest BCUT2D eigenvalue weighted by atomic mass is 35.5. The van der Waals surface area contributed by atoms with E-state index in [-0.39, 0.29) is 24.2 Å². The minimum atomic E-state index is -0.399. The Kier molecular flexibility index (Phi) is 10.3. The number of carbonyl (C=O) groups is 2. The van der Waals surface area contributed by atoms with Crippen LogP contribution >= 0.6 is 34.7 Å². The maximum Gasteiger partial charge on any atom is 0.341 e. The first-order valence-corrected chi connectivity index (χ1v) is 15.6. The monoisotopic (exact) mass is 602 g/mol. The van der Waals surface area contributed by atoms with E-state index in [0.717, 1.165) is 53.8 Å². The third-order valence-electron chi connectivity index (χ3n) is 6.63. The SMILES string of the molecule is C=CCn1c(SCC(=O)Nc2sc3c(c2C(=O)OCC)CCCCC3)nnc1C(C)Oc1cc(C)c(Cl)c(C)c1. The number of thiophene rings is 1. The first-order chi connectivity index (χ1) is 19.2. The van der Waals surface area contributed by atoms with Crippen LogP contribution in [0.2, 0.25) is 5.02 Å². The summed E-state index contributed by atoms with van der Waals surface area (Å²) in [5, 5.41) is 13.5. The van der Waals surface area contributed by atoms with Crippen LogP contribution in [0.5, 0.6) is 5.75 Å². The fourth-order valence-electron chi connectivity index (χ4n) is 4.78. The standard InChI is InChI=1S/C29H35ClN4O4S2/c1-6-13-34-26(19(5)38-20-14-17(3)25(30)18(4)15-20)32-33-29(34)39-16-23(35)31-27-24(28(36)37-7-2)21-11-9-8-10-12-22(21)40-27/h6,14-15,19H,1,7-13,16H2,2-5H3,(H,31,35). The summed E-state index contributed by atoms with van der Waals surface area (Å²) in [6, 6.07) is 3.80. The number of halogens is 1. The summed E-state index contributed by atoms with van der Waals surface area (Å²) >= 11 is 9.07. The van der Waals surface area contributed by atoms with Crippen molar-refractivity contribution in [2.75, 3.05) is 17.7 Å². The van der Waals surface area contributed by atoms with Crippen molar-refractivity contribution in [2.24, 2.45) is 0 Å². The van der Waals surface area contributed by atoms with Crippen LogP contribution in [0.3, 0.4) is 0 Å². The molecular formula is C29H35ClN4O4S2. The molecule has 0 saturated heterocycles. The number of anilines is 1. The van der Waals surface area contributed by atoms with Gasteiger partial charge in [-0.2, -0.15) is 0 Å². The van der Waals surface area contributed by atoms with E-state index in [9.17, 15) is 9.59 Å². The first-order valence-electron chi connectivity index (χ1n) is 13.4. The smallest absolute Gasteiger partial charge is 0.341 e. The number of fused-ring (bicyclic) bond motifs is 1. The van der Waals surface area contributed by atoms with Crippen molar-refractivity contribution in [3.05, 3.63) is 62.8 Å². The average molecular weight is 603 g/mol. The Morgan fingerprint density at radius 2 is 1.95 bits per heavy atom. The van der Waals surface area contributed by atoms with Crippen LogP contribution in [0, 0.1) is 13.8 Å². The summed E-state index contributed by atoms with van der Waals surface area (Å²) in [4.78, 5) is 27.0. The molecule has 4 rings (SSSR count). The lowest BCUT2D eigenvalue weighted by Crippen LogP contribution is -2.17. The van der Waals surface area contributed by atoms with Crippen molar-refractivity contribution in [1.29, 1.82) is 0 Å². The number of hydrogen-bond acceptors (Lipinski definition) is 8. The minimum absolute atomic E-state index is 0.102. The number of ether oxygens (including phenoxy) is 2. The van der Waals surface area contributed by atoms with Gasteiger partial charge in [0, 0.05) is 16.4 Å². The zero-order valence-corrected chi connectivity index (χ0v) is 25.7. The molecule has 3 aromatic rings. The number of hydrogen-bond donors (Lipinski definition) is 1. The van der Waals surface area contributed by atoms with Gasteiger partial charge in [-0.25, -0.2) is 4.79 Å². The van der Waals surface area contributed by atoms with Gasteiger partial charge in [-0.15, -0.1) is 28.1 Å². The number of carbonyl (C=O) groups excluding carboxylic acids is 2. The number of allylic oxidation sites excluding steroid dienone is 1. The molecule has 2 aromatic heterocycles. The number of thioether (sulfide) groups is 1. The number of nitrogens with one attached hydrogen (secondary N) is 1. The van der Waals surface area contributed by atoms with E-state index in [0.29, 0.717) is 33.8 Å². The summed E-state index contributed by atoms with van der Waals surface area (Å²) in [5.74, 6) is 0.823. The number of aromatic nitrogens is 3. The highest BCUT2D eigenvalue weighted by Crippen LogP contribution is 2.38. The van der Waals surface area contributed by atoms with Crippen LogP contribution < -0.4 is 10.1 Å². The van der Waals surface area contributed by atoms with E-state index in [1.807, 2.05) is 37.5 Å². The van der Waals surface area contributed by atoms with E-state index in [1.165, 1.54) is 28.0 Å². The Morgan fingerprint density at radius 1 is 1.23 bits per heavy atom. The molecule has 11 heteroatoms. The van der Waals surface area contributed by atoms with Crippen molar-refractivity contribution in [3.63, 3.8) is 0 Å². The maximum absolute atomic E-state index is 13.1. The molecule has 0 fully saturated rings. The highest BCUT2D eigenvalue weighted by Gasteiger charge is 2.27. The molecule has 40 heavy (non-hydrogen) atoms. The van der Waals surface area contributed by atoms with E-state index < -0.39 is 6.10 Å². The summed E-state index contributed by atoms with van der Waals surface area (Å²) < 4.78 is 13.4. The van der Waals surface area contributed by atoms with E-state index in [1.54, 1.807) is 13.0 Å². The third kappa shape index (κ3) is 6.90. The van der Waals surface area contributed by atoms with Gasteiger partial charge < -0.3 is 14.8 Å². The predicted octanol–water partition coefficient (Wildman–Crippen LogP) is 7.11. The molecule has 0 bridgehead atoms. The van der Waals surface area contributed by atoms with Gasteiger partial charge in [-0.1, -0.05) is 35.9 Å². The summed E-state index contributed by atoms with van der Waals surface area (Å²) in [6.07, 6.45) is 6.35. The van der Waals surface area contributed by atoms with Crippen LogP contribution in [-0.2, 0) is 28.9 Å². The van der Waals surface area contributed by atoms with E-state index in [4.69, 9.17) is 21.1 Å². The Balaban J connectivity index is 1.47. The van der Waals surface area contributed by atoms with Gasteiger partial charge in [0.15, 0.2) is 17.1 Å². The molecule has 0 radical (unpaired) electrons. The quantitative estimate of drug-likeness (QED) is 0.108. The highest BCUT2D eigenvalue weighted by molar-refractivity contribution is 7.99. The van der Waals surface area contributed by atoms with Gasteiger partial charge in [-0.3, -0.25) is 9.36 Å². The largest absolute Gasteiger partial charge is 0.483 e. The molecule has 8 nitrogen and oxygen atoms in total. The molecule has 1 atom stereocenters. The zero-order chi connectivity index (χ0) is 28.8. The Labute approximate surface area is 248 Å². The van der Waals surface area contributed by atoms with Gasteiger partial charge in [0.05, 0.1) is 17.9 Å². The second-order valence-corrected chi connectivity index (χ2v) is 12.1. The van der Waals surface area contributed by atoms with E-state index in [2.05, 4.69) is 22.1 Å². The predicted molar refractivity (Wildman–Crippen MR) is 161 cm³/mol. The number of nitrogens with zero attached hydrogens (tertiary/aromatic N) is 3. The summed E-state index contributed by atoms with van der Waals surface area (Å²) in [7, 11) is 0. The molecule has 0 saturated carbocycles. The molecule has 0 aliphatic heterocycles. The normalized spacial score (nSPS) is 13.7. The second-order valence-electron chi connectivity index (χ2n) is 9.70. The molecule has 1 aliphatic carbocycles. The number of rotatable bonds is 11. The second kappa shape index (κ2) is 13.7. The fourth-order valence-corrected chi connectivity index (χ4v) is 6.94. The fraction of sp³-hybridized carbons (Fsp3) is 0.448. The van der Waals surface area contributed by atoms with Crippen LogP contribution in [0.15, 0.2) is 29.9 Å². The van der Waals surface area contributed by atoms with Crippen molar-refractivity contribution in [1.82, 2.24) is 14.8 Å². The Hall–Kier alpha value is -2.82. The topological polar surface area (TPSA) is 95.3 Å². The van der Waals surface area contributed by atoms with Gasteiger partial charge >= 0.3 is 5.97 Å². The van der Waals surface area contributed by atoms with Gasteiger partial charge in [0.2, 0.25) is 5.91 Å². The molecular weight excluding hydrogens is 568 g/mol. The van der Waals surface area contributed by atoms with E-state index >= 15 is 0 Å². The molecule has 1 aromatic carbocycles. The average Bonchev–Trinajstić information content (AvgIpc) is 3.38. The summed E-state index contributed by atoms with van der Waals surface area (Å²) in [5.41, 5.74) is 3.41. The van der Waals surface area contributed by atoms with Crippen molar-refractivity contribution >= 4 is 51.6 Å². The third-order valence-corrected chi connectivity index (χ3v) is 9.40. The molecule has 1 amide bonds. The lowest BCUT2D eigenvalue weighted by Gasteiger charge is -2.17. The molecule has 1 unspecified atom stereocenters. The zero-order valence-electron chi connectivity index (χ0n) is 23.3. The molecule has 0 spiro atoms. The lowest BCUT2D eigenvalue weighted by molar-refractivity contribution is -0.113. The van der Waals surface area contributed by atoms with Crippen molar-refractivity contribution in [3.8, 4) is 5.75 Å². The first kappa shape index (κ1) is 30.1. The maximum atomic E-state index is 13.1. The molecule has 214 valence electrons. The van der Waals surface area contributed by atoms with Gasteiger partial charge in [0.1, 0.15) is 10.8 Å². The number of benzene rings is 1. The van der Waals surface area contributed by atoms with Crippen LogP contribution in [0.25, 0.3) is 0 Å². The lowest BCUT2D eigenvalue weighted by atomic mass is 10.1. The van der Waals surface area contributed by atoms with Gasteiger partial charge in [0.25, 0.3) is 0 Å².